The van der Waals surface area contributed by atoms with Crippen LogP contribution in [0.5, 0.6) is 11.5 Å². The van der Waals surface area contributed by atoms with E-state index in [0.717, 1.165) is 16.7 Å². The molecule has 0 aliphatic heterocycles. The van der Waals surface area contributed by atoms with Crippen molar-refractivity contribution in [2.75, 3.05) is 7.11 Å². The number of rotatable bonds is 5. The fourth-order valence-electron chi connectivity index (χ4n) is 2.78. The standard InChI is InChI=1S/C22H19NO2/c1-16-8-6-7-11-19(16)22(18-9-4-3-5-10-18)25-20-13-12-17(15-23)14-21(20)24-2/h3-14,22H,1-2H3. The number of ether oxygens (including phenoxy) is 2. The second-order valence-corrected chi connectivity index (χ2v) is 5.74. The maximum atomic E-state index is 9.08. The van der Waals surface area contributed by atoms with Crippen LogP contribution in [0.4, 0.5) is 0 Å². The van der Waals surface area contributed by atoms with Crippen LogP contribution in [-0.2, 0) is 0 Å². The molecule has 0 N–H and O–H groups in total. The van der Waals surface area contributed by atoms with Crippen LogP contribution in [-0.4, -0.2) is 7.11 Å². The lowest BCUT2D eigenvalue weighted by Crippen LogP contribution is -2.11. The lowest BCUT2D eigenvalue weighted by molar-refractivity contribution is 0.233. The van der Waals surface area contributed by atoms with Crippen molar-refractivity contribution in [2.45, 2.75) is 13.0 Å². The molecule has 0 spiro atoms. The summed E-state index contributed by atoms with van der Waals surface area (Å²) in [5, 5.41) is 9.08. The van der Waals surface area contributed by atoms with E-state index in [9.17, 15) is 0 Å². The van der Waals surface area contributed by atoms with Crippen LogP contribution in [0.2, 0.25) is 0 Å². The molecule has 0 saturated heterocycles. The Kier molecular flexibility index (Phi) is 5.01. The molecule has 1 atom stereocenters. The first-order chi connectivity index (χ1) is 12.2. The zero-order chi connectivity index (χ0) is 17.6. The van der Waals surface area contributed by atoms with Crippen LogP contribution < -0.4 is 9.47 Å². The van der Waals surface area contributed by atoms with Crippen LogP contribution >= 0.6 is 0 Å². The predicted octanol–water partition coefficient (Wildman–Crippen LogP) is 5.04. The summed E-state index contributed by atoms with van der Waals surface area (Å²) in [7, 11) is 1.58. The average molecular weight is 329 g/mol. The van der Waals surface area contributed by atoms with Gasteiger partial charge in [-0.3, -0.25) is 0 Å². The minimum atomic E-state index is -0.260. The molecule has 0 aliphatic carbocycles. The molecule has 124 valence electrons. The summed E-state index contributed by atoms with van der Waals surface area (Å²) in [5.74, 6) is 1.16. The molecule has 3 aromatic rings. The first-order valence-corrected chi connectivity index (χ1v) is 8.08. The monoisotopic (exact) mass is 329 g/mol. The lowest BCUT2D eigenvalue weighted by Gasteiger charge is -2.23. The van der Waals surface area contributed by atoms with E-state index in [4.69, 9.17) is 14.7 Å². The number of hydrogen-bond acceptors (Lipinski definition) is 3. The van der Waals surface area contributed by atoms with Crippen molar-refractivity contribution in [1.29, 1.82) is 5.26 Å². The van der Waals surface area contributed by atoms with E-state index in [1.807, 2.05) is 42.5 Å². The summed E-state index contributed by atoms with van der Waals surface area (Å²) in [5.41, 5.74) is 3.85. The molecule has 0 aliphatic rings. The SMILES string of the molecule is COc1cc(C#N)ccc1OC(c1ccccc1)c1ccccc1C. The summed E-state index contributed by atoms with van der Waals surface area (Å²) in [6.07, 6.45) is -0.260. The summed E-state index contributed by atoms with van der Waals surface area (Å²) in [6, 6.07) is 25.6. The molecule has 1 unspecified atom stereocenters. The molecule has 3 heteroatoms. The van der Waals surface area contributed by atoms with Crippen LogP contribution in [0.3, 0.4) is 0 Å². The van der Waals surface area contributed by atoms with Gasteiger partial charge in [-0.05, 0) is 35.7 Å². The third-order valence-corrected chi connectivity index (χ3v) is 4.11. The van der Waals surface area contributed by atoms with E-state index >= 15 is 0 Å². The minimum absolute atomic E-state index is 0.260. The molecular weight excluding hydrogens is 310 g/mol. The molecule has 0 heterocycles. The second kappa shape index (κ2) is 7.55. The summed E-state index contributed by atoms with van der Waals surface area (Å²) in [6.45, 7) is 2.07. The van der Waals surface area contributed by atoms with E-state index in [2.05, 4.69) is 25.1 Å². The third-order valence-electron chi connectivity index (χ3n) is 4.11. The van der Waals surface area contributed by atoms with Gasteiger partial charge in [0.25, 0.3) is 0 Å². The minimum Gasteiger partial charge on any atom is -0.493 e. The van der Waals surface area contributed by atoms with E-state index < -0.39 is 0 Å². The normalized spacial score (nSPS) is 11.4. The topological polar surface area (TPSA) is 42.2 Å². The molecule has 0 bridgehead atoms. The van der Waals surface area contributed by atoms with Gasteiger partial charge in [-0.1, -0.05) is 54.6 Å². The molecular formula is C22H19NO2. The van der Waals surface area contributed by atoms with E-state index in [-0.39, 0.29) is 6.10 Å². The molecule has 3 aromatic carbocycles. The fraction of sp³-hybridized carbons (Fsp3) is 0.136. The number of nitriles is 1. The largest absolute Gasteiger partial charge is 0.493 e. The fourth-order valence-corrected chi connectivity index (χ4v) is 2.78. The highest BCUT2D eigenvalue weighted by molar-refractivity contribution is 5.48. The van der Waals surface area contributed by atoms with Crippen molar-refractivity contribution in [3.63, 3.8) is 0 Å². The van der Waals surface area contributed by atoms with Crippen molar-refractivity contribution >= 4 is 0 Å². The third kappa shape index (κ3) is 3.64. The molecule has 0 fully saturated rings. The maximum Gasteiger partial charge on any atom is 0.162 e. The Bertz CT molecular complexity index is 897. The molecule has 3 nitrogen and oxygen atoms in total. The second-order valence-electron chi connectivity index (χ2n) is 5.74. The molecule has 25 heavy (non-hydrogen) atoms. The highest BCUT2D eigenvalue weighted by atomic mass is 16.5. The number of nitrogens with zero attached hydrogens (tertiary/aromatic N) is 1. The number of benzene rings is 3. The van der Waals surface area contributed by atoms with Crippen molar-refractivity contribution in [3.8, 4) is 17.6 Å². The van der Waals surface area contributed by atoms with Gasteiger partial charge in [0, 0.05) is 6.07 Å². The number of aryl methyl sites for hydroxylation is 1. The van der Waals surface area contributed by atoms with Gasteiger partial charge < -0.3 is 9.47 Å². The Labute approximate surface area is 148 Å². The van der Waals surface area contributed by atoms with Crippen LogP contribution in [0.25, 0.3) is 0 Å². The van der Waals surface area contributed by atoms with E-state index in [1.54, 1.807) is 25.3 Å². The Morgan fingerprint density at radius 3 is 2.28 bits per heavy atom. The van der Waals surface area contributed by atoms with Gasteiger partial charge in [0.1, 0.15) is 6.10 Å². The highest BCUT2D eigenvalue weighted by Gasteiger charge is 2.19. The lowest BCUT2D eigenvalue weighted by atomic mass is 9.97. The quantitative estimate of drug-likeness (QED) is 0.658. The zero-order valence-electron chi connectivity index (χ0n) is 14.3. The van der Waals surface area contributed by atoms with Gasteiger partial charge in [0.2, 0.25) is 0 Å². The number of hydrogen-bond donors (Lipinski definition) is 0. The number of methoxy groups -OCH3 is 1. The van der Waals surface area contributed by atoms with Gasteiger partial charge in [-0.25, -0.2) is 0 Å². The first-order valence-electron chi connectivity index (χ1n) is 8.08. The first kappa shape index (κ1) is 16.6. The van der Waals surface area contributed by atoms with E-state index in [0.29, 0.717) is 17.1 Å². The molecule has 0 saturated carbocycles. The van der Waals surface area contributed by atoms with Crippen molar-refractivity contribution < 1.29 is 9.47 Å². The van der Waals surface area contributed by atoms with Gasteiger partial charge in [-0.15, -0.1) is 0 Å². The molecule has 3 rings (SSSR count). The van der Waals surface area contributed by atoms with Crippen LogP contribution in [0.1, 0.15) is 28.4 Å². The Balaban J connectivity index is 2.05. The zero-order valence-corrected chi connectivity index (χ0v) is 14.3. The summed E-state index contributed by atoms with van der Waals surface area (Å²) < 4.78 is 11.8. The Morgan fingerprint density at radius 1 is 0.880 bits per heavy atom. The molecule has 0 radical (unpaired) electrons. The summed E-state index contributed by atoms with van der Waals surface area (Å²) >= 11 is 0. The predicted molar refractivity (Wildman–Crippen MR) is 97.8 cm³/mol. The molecule has 0 aromatic heterocycles. The van der Waals surface area contributed by atoms with Gasteiger partial charge in [0.15, 0.2) is 11.5 Å². The van der Waals surface area contributed by atoms with Gasteiger partial charge in [-0.2, -0.15) is 5.26 Å². The van der Waals surface area contributed by atoms with E-state index in [1.165, 1.54) is 0 Å². The van der Waals surface area contributed by atoms with Crippen LogP contribution in [0.15, 0.2) is 72.8 Å². The summed E-state index contributed by atoms with van der Waals surface area (Å²) in [4.78, 5) is 0. The Hall–Kier alpha value is -3.25. The van der Waals surface area contributed by atoms with Gasteiger partial charge in [0.05, 0.1) is 18.7 Å². The maximum absolute atomic E-state index is 9.08. The smallest absolute Gasteiger partial charge is 0.162 e. The molecule has 0 amide bonds. The van der Waals surface area contributed by atoms with Crippen molar-refractivity contribution in [3.05, 3.63) is 95.1 Å². The van der Waals surface area contributed by atoms with Crippen molar-refractivity contribution in [2.24, 2.45) is 0 Å². The van der Waals surface area contributed by atoms with Crippen LogP contribution in [0, 0.1) is 18.3 Å². The van der Waals surface area contributed by atoms with Gasteiger partial charge >= 0.3 is 0 Å². The highest BCUT2D eigenvalue weighted by Crippen LogP contribution is 2.35. The Morgan fingerprint density at radius 2 is 1.60 bits per heavy atom. The average Bonchev–Trinajstić information content (AvgIpc) is 2.67. The van der Waals surface area contributed by atoms with Crippen molar-refractivity contribution in [1.82, 2.24) is 0 Å².